The van der Waals surface area contributed by atoms with E-state index in [2.05, 4.69) is 15.2 Å². The summed E-state index contributed by atoms with van der Waals surface area (Å²) < 4.78 is 16.5. The molecule has 27 heavy (non-hydrogen) atoms. The number of benzene rings is 2. The maximum atomic E-state index is 5.77. The van der Waals surface area contributed by atoms with Crippen LogP contribution in [-0.4, -0.2) is 27.0 Å². The Kier molecular flexibility index (Phi) is 3.90. The molecule has 1 aliphatic rings. The van der Waals surface area contributed by atoms with Crippen molar-refractivity contribution in [2.75, 3.05) is 6.79 Å². The van der Waals surface area contributed by atoms with E-state index in [0.717, 1.165) is 33.7 Å². The number of nitrogens with zero attached hydrogens (tertiary/aromatic N) is 4. The predicted octanol–water partition coefficient (Wildman–Crippen LogP) is 4.01. The van der Waals surface area contributed by atoms with Crippen LogP contribution < -0.4 is 9.47 Å². The molecule has 0 aliphatic carbocycles. The van der Waals surface area contributed by atoms with Gasteiger partial charge in [-0.05, 0) is 37.3 Å². The van der Waals surface area contributed by atoms with Crippen molar-refractivity contribution in [2.45, 2.75) is 17.9 Å². The molecule has 0 saturated heterocycles. The molecular weight excluding hydrogens is 364 g/mol. The molecule has 8 heteroatoms. The van der Waals surface area contributed by atoms with E-state index >= 15 is 0 Å². The second-order valence-electron chi connectivity index (χ2n) is 5.97. The van der Waals surface area contributed by atoms with E-state index in [9.17, 15) is 0 Å². The highest BCUT2D eigenvalue weighted by Crippen LogP contribution is 2.36. The summed E-state index contributed by atoms with van der Waals surface area (Å²) in [5.74, 6) is 2.45. The minimum absolute atomic E-state index is 0.232. The molecular formula is C19H14N4O3S. The van der Waals surface area contributed by atoms with Crippen LogP contribution in [0.15, 0.2) is 52.1 Å². The van der Waals surface area contributed by atoms with Gasteiger partial charge >= 0.3 is 0 Å². The smallest absolute Gasteiger partial charge is 0.277 e. The Labute approximate surface area is 158 Å². The van der Waals surface area contributed by atoms with Crippen LogP contribution in [0.25, 0.3) is 22.5 Å². The zero-order chi connectivity index (χ0) is 18.2. The summed E-state index contributed by atoms with van der Waals surface area (Å²) in [5, 5.41) is 8.73. The first kappa shape index (κ1) is 16.1. The first-order valence-corrected chi connectivity index (χ1v) is 9.33. The molecule has 0 N–H and O–H groups in total. The molecule has 0 atom stereocenters. The highest BCUT2D eigenvalue weighted by molar-refractivity contribution is 7.98. The van der Waals surface area contributed by atoms with Gasteiger partial charge in [-0.15, -0.1) is 10.2 Å². The lowest BCUT2D eigenvalue weighted by molar-refractivity contribution is 0.174. The second-order valence-corrected chi connectivity index (χ2v) is 6.90. The summed E-state index contributed by atoms with van der Waals surface area (Å²) in [7, 11) is 0. The maximum absolute atomic E-state index is 5.77. The van der Waals surface area contributed by atoms with Crippen LogP contribution in [0, 0.1) is 6.92 Å². The van der Waals surface area contributed by atoms with Crippen LogP contribution in [0.3, 0.4) is 0 Å². The number of thioether (sulfide) groups is 1. The molecule has 0 radical (unpaired) electrons. The van der Waals surface area contributed by atoms with E-state index in [4.69, 9.17) is 18.9 Å². The first-order chi connectivity index (χ1) is 13.3. The lowest BCUT2D eigenvalue weighted by Gasteiger charge is -2.04. The topological polar surface area (TPSA) is 83.2 Å². The van der Waals surface area contributed by atoms with Gasteiger partial charge in [-0.1, -0.05) is 23.9 Å². The van der Waals surface area contributed by atoms with Crippen molar-refractivity contribution < 1.29 is 13.9 Å². The van der Waals surface area contributed by atoms with Gasteiger partial charge in [0, 0.05) is 11.3 Å². The molecule has 0 saturated carbocycles. The standard InChI is InChI=1S/C19H14N4O3S/c1-11-15(21-14-5-3-2-4-13(14)20-11)9-27-19-23-22-18(26-19)12-6-7-16-17(8-12)25-10-24-16/h2-8H,9-10H2,1H3. The third-order valence-corrected chi connectivity index (χ3v) is 5.03. The molecule has 1 aliphatic heterocycles. The van der Waals surface area contributed by atoms with Gasteiger partial charge in [0.1, 0.15) is 0 Å². The van der Waals surface area contributed by atoms with Crippen molar-refractivity contribution in [1.82, 2.24) is 20.2 Å². The number of aromatic nitrogens is 4. The summed E-state index contributed by atoms with van der Waals surface area (Å²) in [6.07, 6.45) is 0. The lowest BCUT2D eigenvalue weighted by Crippen LogP contribution is -1.96. The minimum atomic E-state index is 0.232. The lowest BCUT2D eigenvalue weighted by atomic mass is 10.2. The zero-order valence-corrected chi connectivity index (χ0v) is 15.2. The van der Waals surface area contributed by atoms with Gasteiger partial charge in [0.2, 0.25) is 12.7 Å². The number of fused-ring (bicyclic) bond motifs is 2. The highest BCUT2D eigenvalue weighted by atomic mass is 32.2. The van der Waals surface area contributed by atoms with Gasteiger partial charge in [-0.25, -0.2) is 9.97 Å². The highest BCUT2D eigenvalue weighted by Gasteiger charge is 2.17. The van der Waals surface area contributed by atoms with Gasteiger partial charge in [-0.3, -0.25) is 0 Å². The molecule has 2 aromatic heterocycles. The van der Waals surface area contributed by atoms with Gasteiger partial charge in [0.05, 0.1) is 22.4 Å². The van der Waals surface area contributed by atoms with E-state index in [1.165, 1.54) is 11.8 Å². The number of hydrogen-bond acceptors (Lipinski definition) is 8. The number of hydrogen-bond donors (Lipinski definition) is 0. The van der Waals surface area contributed by atoms with E-state index in [-0.39, 0.29) is 6.79 Å². The number of para-hydroxylation sites is 2. The molecule has 4 aromatic rings. The van der Waals surface area contributed by atoms with Crippen LogP contribution in [0.5, 0.6) is 11.5 Å². The molecule has 2 aromatic carbocycles. The minimum Gasteiger partial charge on any atom is -0.454 e. The molecule has 0 spiro atoms. The Bertz CT molecular complexity index is 1140. The predicted molar refractivity (Wildman–Crippen MR) is 99.7 cm³/mol. The number of aryl methyl sites for hydroxylation is 1. The fourth-order valence-electron chi connectivity index (χ4n) is 2.81. The number of ether oxygens (including phenoxy) is 2. The fraction of sp³-hybridized carbons (Fsp3) is 0.158. The summed E-state index contributed by atoms with van der Waals surface area (Å²) in [5.41, 5.74) is 4.37. The van der Waals surface area contributed by atoms with Gasteiger partial charge in [0.25, 0.3) is 5.22 Å². The molecule has 0 unspecified atom stereocenters. The van der Waals surface area contributed by atoms with Crippen LogP contribution in [0.2, 0.25) is 0 Å². The SMILES string of the molecule is Cc1nc2ccccc2nc1CSc1nnc(-c2ccc3c(c2)OCO3)o1. The Morgan fingerprint density at radius 3 is 2.67 bits per heavy atom. The van der Waals surface area contributed by atoms with Crippen molar-refractivity contribution in [3.63, 3.8) is 0 Å². The van der Waals surface area contributed by atoms with Crippen molar-refractivity contribution in [3.8, 4) is 23.0 Å². The van der Waals surface area contributed by atoms with E-state index in [1.54, 1.807) is 0 Å². The van der Waals surface area contributed by atoms with Crippen LogP contribution in [-0.2, 0) is 5.75 Å². The van der Waals surface area contributed by atoms with Crippen LogP contribution in [0.1, 0.15) is 11.4 Å². The molecule has 3 heterocycles. The molecule has 5 rings (SSSR count). The molecule has 134 valence electrons. The van der Waals surface area contributed by atoms with E-state index in [1.807, 2.05) is 49.4 Å². The fourth-order valence-corrected chi connectivity index (χ4v) is 3.58. The van der Waals surface area contributed by atoms with Gasteiger partial charge < -0.3 is 13.9 Å². The first-order valence-electron chi connectivity index (χ1n) is 8.35. The maximum Gasteiger partial charge on any atom is 0.277 e. The van der Waals surface area contributed by atoms with Crippen LogP contribution in [0.4, 0.5) is 0 Å². The molecule has 0 bridgehead atoms. The van der Waals surface area contributed by atoms with E-state index in [0.29, 0.717) is 22.6 Å². The largest absolute Gasteiger partial charge is 0.454 e. The Morgan fingerprint density at radius 1 is 0.963 bits per heavy atom. The van der Waals surface area contributed by atoms with Crippen molar-refractivity contribution in [2.24, 2.45) is 0 Å². The summed E-state index contributed by atoms with van der Waals surface area (Å²) in [6, 6.07) is 13.4. The van der Waals surface area contributed by atoms with E-state index < -0.39 is 0 Å². The molecule has 0 fully saturated rings. The summed E-state index contributed by atoms with van der Waals surface area (Å²) >= 11 is 1.44. The van der Waals surface area contributed by atoms with Crippen molar-refractivity contribution in [3.05, 3.63) is 53.9 Å². The number of rotatable bonds is 4. The monoisotopic (exact) mass is 378 g/mol. The van der Waals surface area contributed by atoms with Gasteiger partial charge in [0.15, 0.2) is 11.5 Å². The second kappa shape index (κ2) is 6.55. The normalized spacial score (nSPS) is 12.6. The van der Waals surface area contributed by atoms with Gasteiger partial charge in [-0.2, -0.15) is 0 Å². The zero-order valence-electron chi connectivity index (χ0n) is 14.4. The van der Waals surface area contributed by atoms with Crippen LogP contribution >= 0.6 is 11.8 Å². The summed E-state index contributed by atoms with van der Waals surface area (Å²) in [4.78, 5) is 9.30. The molecule has 7 nitrogen and oxygen atoms in total. The Balaban J connectivity index is 1.35. The third kappa shape index (κ3) is 3.08. The molecule has 0 amide bonds. The quantitative estimate of drug-likeness (QED) is 0.493. The Morgan fingerprint density at radius 2 is 1.78 bits per heavy atom. The Hall–Kier alpha value is -3.13. The average Bonchev–Trinajstić information content (AvgIpc) is 3.35. The van der Waals surface area contributed by atoms with Crippen molar-refractivity contribution >= 4 is 22.8 Å². The summed E-state index contributed by atoms with van der Waals surface area (Å²) in [6.45, 7) is 2.19. The third-order valence-electron chi connectivity index (χ3n) is 4.20. The van der Waals surface area contributed by atoms with Crippen molar-refractivity contribution in [1.29, 1.82) is 0 Å². The average molecular weight is 378 g/mol.